The summed E-state index contributed by atoms with van der Waals surface area (Å²) >= 11 is 0. The summed E-state index contributed by atoms with van der Waals surface area (Å²) in [5, 5.41) is 11.0. The molecule has 1 saturated heterocycles. The van der Waals surface area contributed by atoms with Crippen LogP contribution >= 0.6 is 0 Å². The molecule has 1 aliphatic rings. The van der Waals surface area contributed by atoms with E-state index in [-0.39, 0.29) is 16.0 Å². The predicted octanol–water partition coefficient (Wildman–Crippen LogP) is 1.30. The number of nitro benzene ring substituents is 1. The molecule has 0 saturated carbocycles. The van der Waals surface area contributed by atoms with E-state index >= 15 is 0 Å². The molecule has 0 aliphatic carbocycles. The molecule has 0 radical (unpaired) electrons. The van der Waals surface area contributed by atoms with Crippen molar-refractivity contribution in [2.45, 2.75) is 43.8 Å². The lowest BCUT2D eigenvalue weighted by Gasteiger charge is -2.32. The predicted molar refractivity (Wildman–Crippen MR) is 81.9 cm³/mol. The van der Waals surface area contributed by atoms with Crippen molar-refractivity contribution in [1.29, 1.82) is 0 Å². The van der Waals surface area contributed by atoms with Crippen molar-refractivity contribution in [2.24, 2.45) is 0 Å². The summed E-state index contributed by atoms with van der Waals surface area (Å²) in [5.41, 5.74) is -1.40. The van der Waals surface area contributed by atoms with Crippen LogP contribution in [0, 0.1) is 10.1 Å². The Balaban J connectivity index is 2.59. The van der Waals surface area contributed by atoms with E-state index in [1.807, 2.05) is 27.7 Å². The minimum absolute atomic E-state index is 0.0309. The first kappa shape index (κ1) is 16.9. The van der Waals surface area contributed by atoms with Crippen molar-refractivity contribution < 1.29 is 22.6 Å². The van der Waals surface area contributed by atoms with E-state index in [1.165, 1.54) is 12.1 Å². The number of nitro groups is 1. The number of sulfone groups is 1. The third-order valence-corrected chi connectivity index (χ3v) is 5.28. The van der Waals surface area contributed by atoms with Crippen LogP contribution in [0.2, 0.25) is 0 Å². The summed E-state index contributed by atoms with van der Waals surface area (Å²) in [6, 6.07) is 3.57. The Labute approximate surface area is 129 Å². The minimum Gasteiger partial charge on any atom is -0.399 e. The van der Waals surface area contributed by atoms with Crippen LogP contribution in [0.5, 0.6) is 0 Å². The van der Waals surface area contributed by atoms with Gasteiger partial charge in [-0.2, -0.15) is 0 Å². The van der Waals surface area contributed by atoms with Gasteiger partial charge in [-0.15, -0.1) is 0 Å². The summed E-state index contributed by atoms with van der Waals surface area (Å²) in [4.78, 5) is 10.3. The summed E-state index contributed by atoms with van der Waals surface area (Å²) in [6.45, 7) is 7.30. The van der Waals surface area contributed by atoms with Crippen LogP contribution in [0.4, 0.5) is 5.69 Å². The lowest BCUT2D eigenvalue weighted by Crippen LogP contribution is -2.41. The van der Waals surface area contributed by atoms with Crippen molar-refractivity contribution in [2.75, 3.05) is 6.26 Å². The lowest BCUT2D eigenvalue weighted by atomic mass is 9.79. The molecule has 1 fully saturated rings. The third-order valence-electron chi connectivity index (χ3n) is 4.11. The van der Waals surface area contributed by atoms with Crippen molar-refractivity contribution in [3.05, 3.63) is 28.3 Å². The average Bonchev–Trinajstić information content (AvgIpc) is 2.56. The Bertz CT molecular complexity index is 712. The van der Waals surface area contributed by atoms with Crippen LogP contribution in [0.15, 0.2) is 23.1 Å². The average molecular weight is 327 g/mol. The van der Waals surface area contributed by atoms with Gasteiger partial charge in [0, 0.05) is 23.9 Å². The number of nitrogens with zero attached hydrogens (tertiary/aromatic N) is 1. The van der Waals surface area contributed by atoms with E-state index in [2.05, 4.69) is 0 Å². The van der Waals surface area contributed by atoms with Crippen LogP contribution in [0.25, 0.3) is 0 Å². The number of hydrogen-bond acceptors (Lipinski definition) is 6. The van der Waals surface area contributed by atoms with E-state index in [1.54, 1.807) is 0 Å². The van der Waals surface area contributed by atoms with Crippen LogP contribution in [-0.2, 0) is 19.1 Å². The Morgan fingerprint density at radius 1 is 1.14 bits per heavy atom. The van der Waals surface area contributed by atoms with Crippen LogP contribution in [0.1, 0.15) is 27.7 Å². The second-order valence-corrected chi connectivity index (χ2v) is 8.32. The minimum atomic E-state index is -3.57. The van der Waals surface area contributed by atoms with Crippen LogP contribution < -0.4 is 5.46 Å². The second-order valence-electron chi connectivity index (χ2n) is 6.34. The first-order chi connectivity index (χ1) is 9.85. The van der Waals surface area contributed by atoms with Gasteiger partial charge in [-0.1, -0.05) is 0 Å². The van der Waals surface area contributed by atoms with Gasteiger partial charge in [-0.3, -0.25) is 10.1 Å². The number of benzene rings is 1. The number of non-ortho nitro benzene ring substituents is 1. The summed E-state index contributed by atoms with van der Waals surface area (Å²) in [5.74, 6) is 0. The molecule has 0 unspecified atom stereocenters. The normalized spacial score (nSPS) is 20.1. The first-order valence-corrected chi connectivity index (χ1v) is 8.58. The highest BCUT2D eigenvalue weighted by atomic mass is 32.2. The van der Waals surface area contributed by atoms with Crippen LogP contribution in [-0.4, -0.2) is 37.9 Å². The zero-order chi connectivity index (χ0) is 16.9. The molecule has 0 amide bonds. The van der Waals surface area contributed by atoms with E-state index in [0.29, 0.717) is 0 Å². The fourth-order valence-electron chi connectivity index (χ4n) is 2.14. The number of hydrogen-bond donors (Lipinski definition) is 0. The van der Waals surface area contributed by atoms with Crippen molar-refractivity contribution in [3.63, 3.8) is 0 Å². The third kappa shape index (κ3) is 2.88. The van der Waals surface area contributed by atoms with Gasteiger partial charge in [0.25, 0.3) is 5.69 Å². The van der Waals surface area contributed by atoms with Gasteiger partial charge in [0.15, 0.2) is 9.84 Å². The maximum Gasteiger partial charge on any atom is 0.496 e. The topological polar surface area (TPSA) is 95.7 Å². The van der Waals surface area contributed by atoms with Gasteiger partial charge in [0.05, 0.1) is 21.0 Å². The molecule has 1 aromatic rings. The maximum absolute atomic E-state index is 11.9. The molecule has 2 rings (SSSR count). The smallest absolute Gasteiger partial charge is 0.399 e. The second kappa shape index (κ2) is 5.04. The molecule has 1 aliphatic heterocycles. The summed E-state index contributed by atoms with van der Waals surface area (Å²) in [7, 11) is -4.55. The van der Waals surface area contributed by atoms with Gasteiger partial charge in [-0.05, 0) is 33.8 Å². The standard InChI is InChI=1S/C13H18BNO6S/c1-12(2)13(3,4)21-14(20-12)10-8-9(15(16)17)6-7-11(10)22(5,18)19/h6-8H,1-5H3. The molecule has 1 heterocycles. The molecule has 22 heavy (non-hydrogen) atoms. The van der Waals surface area contributed by atoms with Crippen molar-refractivity contribution in [3.8, 4) is 0 Å². The first-order valence-electron chi connectivity index (χ1n) is 6.69. The highest BCUT2D eigenvalue weighted by molar-refractivity contribution is 7.91. The molecule has 120 valence electrons. The van der Waals surface area contributed by atoms with E-state index < -0.39 is 33.1 Å². The molecule has 0 N–H and O–H groups in total. The Morgan fingerprint density at radius 3 is 2.05 bits per heavy atom. The SMILES string of the molecule is CC1(C)OB(c2cc([N+](=O)[O-])ccc2S(C)(=O)=O)OC1(C)C. The molecule has 0 bridgehead atoms. The van der Waals surface area contributed by atoms with E-state index in [4.69, 9.17) is 9.31 Å². The molecule has 7 nitrogen and oxygen atoms in total. The molecule has 1 aromatic carbocycles. The quantitative estimate of drug-likeness (QED) is 0.472. The van der Waals surface area contributed by atoms with E-state index in [9.17, 15) is 18.5 Å². The van der Waals surface area contributed by atoms with Crippen molar-refractivity contribution in [1.82, 2.24) is 0 Å². The van der Waals surface area contributed by atoms with Gasteiger partial charge >= 0.3 is 7.12 Å². The van der Waals surface area contributed by atoms with Crippen molar-refractivity contribution >= 4 is 28.1 Å². The zero-order valence-electron chi connectivity index (χ0n) is 13.1. The largest absolute Gasteiger partial charge is 0.496 e. The van der Waals surface area contributed by atoms with Gasteiger partial charge in [-0.25, -0.2) is 8.42 Å². The zero-order valence-corrected chi connectivity index (χ0v) is 13.9. The summed E-state index contributed by atoms with van der Waals surface area (Å²) < 4.78 is 35.5. The van der Waals surface area contributed by atoms with E-state index in [0.717, 1.165) is 12.3 Å². The van der Waals surface area contributed by atoms with Gasteiger partial charge < -0.3 is 9.31 Å². The molecule has 0 spiro atoms. The highest BCUT2D eigenvalue weighted by Crippen LogP contribution is 2.37. The maximum atomic E-state index is 11.9. The highest BCUT2D eigenvalue weighted by Gasteiger charge is 2.52. The fraction of sp³-hybridized carbons (Fsp3) is 0.538. The lowest BCUT2D eigenvalue weighted by molar-refractivity contribution is -0.384. The van der Waals surface area contributed by atoms with Gasteiger partial charge in [0.2, 0.25) is 0 Å². The molecule has 0 atom stereocenters. The molecular weight excluding hydrogens is 309 g/mol. The van der Waals surface area contributed by atoms with Crippen LogP contribution in [0.3, 0.4) is 0 Å². The number of rotatable bonds is 3. The fourth-order valence-corrected chi connectivity index (χ4v) is 3.04. The Hall–Kier alpha value is -1.45. The molecule has 9 heteroatoms. The monoisotopic (exact) mass is 327 g/mol. The molecular formula is C13H18BNO6S. The summed E-state index contributed by atoms with van der Waals surface area (Å²) in [6.07, 6.45) is 1.04. The Kier molecular flexibility index (Phi) is 3.87. The Morgan fingerprint density at radius 2 is 1.64 bits per heavy atom. The van der Waals surface area contributed by atoms with Gasteiger partial charge in [0.1, 0.15) is 0 Å². The molecule has 0 aromatic heterocycles.